The van der Waals surface area contributed by atoms with Crippen LogP contribution in [0.4, 0.5) is 0 Å². The average Bonchev–Trinajstić information content (AvgIpc) is 2.36. The van der Waals surface area contributed by atoms with Crippen molar-refractivity contribution in [2.45, 2.75) is 70.2 Å². The Morgan fingerprint density at radius 1 is 0.696 bits per heavy atom. The summed E-state index contributed by atoms with van der Waals surface area (Å²) < 4.78 is 56.2. The molecule has 0 saturated carbocycles. The maximum Gasteiger partial charge on any atom is 0.420 e. The molecule has 0 radical (unpaired) electrons. The quantitative estimate of drug-likeness (QED) is 0.507. The van der Waals surface area contributed by atoms with E-state index in [2.05, 4.69) is 12.0 Å². The molecule has 1 aliphatic rings. The van der Waals surface area contributed by atoms with E-state index in [0.717, 1.165) is 44.9 Å². The first-order valence-corrected chi connectivity index (χ1v) is 10.3. The molecule has 0 atom stereocenters. The van der Waals surface area contributed by atoms with E-state index < -0.39 is 26.8 Å². The van der Waals surface area contributed by atoms with Gasteiger partial charge >= 0.3 is 26.8 Å². The number of hydrogen-bond acceptors (Lipinski definition) is 9. The van der Waals surface area contributed by atoms with Crippen LogP contribution in [-0.4, -0.2) is 39.6 Å². The lowest BCUT2D eigenvalue weighted by molar-refractivity contribution is -0.284. The smallest absolute Gasteiger partial charge is 0.396 e. The maximum atomic E-state index is 11.1. The highest BCUT2D eigenvalue weighted by molar-refractivity contribution is 7.95. The summed E-state index contributed by atoms with van der Waals surface area (Å²) in [6, 6.07) is 0. The van der Waals surface area contributed by atoms with E-state index in [1.165, 1.54) is 0 Å². The minimum atomic E-state index is -4.84. The van der Waals surface area contributed by atoms with Crippen molar-refractivity contribution in [2.24, 2.45) is 0 Å². The zero-order valence-electron chi connectivity index (χ0n) is 12.8. The highest BCUT2D eigenvalue weighted by atomic mass is 32.3. The largest absolute Gasteiger partial charge is 0.420 e. The first kappa shape index (κ1) is 20.7. The predicted molar refractivity (Wildman–Crippen MR) is 79.3 cm³/mol. The Balaban J connectivity index is 2.17. The fourth-order valence-corrected chi connectivity index (χ4v) is 4.20. The van der Waals surface area contributed by atoms with Gasteiger partial charge < -0.3 is 10.2 Å². The Kier molecular flexibility index (Phi) is 8.35. The van der Waals surface area contributed by atoms with Crippen LogP contribution in [0.2, 0.25) is 0 Å². The van der Waals surface area contributed by atoms with Crippen LogP contribution in [0.15, 0.2) is 0 Å². The van der Waals surface area contributed by atoms with Crippen molar-refractivity contribution in [3.05, 3.63) is 0 Å². The third-order valence-corrected chi connectivity index (χ3v) is 5.54. The number of rotatable bonds is 11. The number of unbranched alkanes of at least 4 members (excludes halogenated alkanes) is 8. The summed E-state index contributed by atoms with van der Waals surface area (Å²) in [4.78, 5) is 0. The van der Waals surface area contributed by atoms with E-state index in [1.807, 2.05) is 0 Å². The van der Waals surface area contributed by atoms with Gasteiger partial charge in [0.2, 0.25) is 0 Å². The summed E-state index contributed by atoms with van der Waals surface area (Å²) in [5.41, 5.74) is 0. The van der Waals surface area contributed by atoms with Gasteiger partial charge in [-0.2, -0.15) is 25.2 Å². The van der Waals surface area contributed by atoms with Crippen LogP contribution < -0.4 is 0 Å². The molecule has 11 heteroatoms. The van der Waals surface area contributed by atoms with Crippen molar-refractivity contribution in [3.8, 4) is 0 Å². The molecular formula is C12H24O9S2. The Hall–Kier alpha value is -0.300. The molecule has 1 rings (SSSR count). The molecule has 0 spiro atoms. The van der Waals surface area contributed by atoms with E-state index in [0.29, 0.717) is 12.8 Å². The fraction of sp³-hybridized carbons (Fsp3) is 1.00. The maximum absolute atomic E-state index is 11.1. The highest BCUT2D eigenvalue weighted by Gasteiger charge is 2.48. The standard InChI is InChI=1S/C12H24O9S2/c13-11-9-7-5-3-1-2-4-6-8-10-12(14)19-22(15,16)21-23(17,18)20-12/h13-14H,1-11H2. The molecule has 0 bridgehead atoms. The zero-order chi connectivity index (χ0) is 17.4. The van der Waals surface area contributed by atoms with Crippen molar-refractivity contribution in [1.29, 1.82) is 0 Å². The average molecular weight is 376 g/mol. The molecule has 0 amide bonds. The van der Waals surface area contributed by atoms with Gasteiger partial charge in [-0.05, 0) is 12.8 Å². The number of aliphatic hydroxyl groups excluding tert-OH is 1. The van der Waals surface area contributed by atoms with Crippen LogP contribution >= 0.6 is 0 Å². The van der Waals surface area contributed by atoms with E-state index in [9.17, 15) is 21.9 Å². The molecule has 0 aromatic heterocycles. The molecule has 0 aliphatic carbocycles. The Morgan fingerprint density at radius 2 is 1.09 bits per heavy atom. The van der Waals surface area contributed by atoms with Crippen LogP contribution in [0.3, 0.4) is 0 Å². The molecule has 1 heterocycles. The normalized spacial score (nSPS) is 22.0. The van der Waals surface area contributed by atoms with Gasteiger partial charge in [-0.15, -0.1) is 3.63 Å². The van der Waals surface area contributed by atoms with Gasteiger partial charge in [0, 0.05) is 13.0 Å². The molecule has 2 N–H and O–H groups in total. The highest BCUT2D eigenvalue weighted by Crippen LogP contribution is 2.30. The molecular weight excluding hydrogens is 352 g/mol. The van der Waals surface area contributed by atoms with Gasteiger partial charge in [-0.25, -0.2) is 0 Å². The summed E-state index contributed by atoms with van der Waals surface area (Å²) in [7, 11) is -9.68. The molecule has 1 aliphatic heterocycles. The molecule has 9 nitrogen and oxygen atoms in total. The third kappa shape index (κ3) is 8.94. The van der Waals surface area contributed by atoms with Crippen LogP contribution in [0.5, 0.6) is 0 Å². The summed E-state index contributed by atoms with van der Waals surface area (Å²) >= 11 is 0. The van der Waals surface area contributed by atoms with Crippen LogP contribution in [0.25, 0.3) is 0 Å². The third-order valence-electron chi connectivity index (χ3n) is 3.28. The lowest BCUT2D eigenvalue weighted by Gasteiger charge is -2.28. The van der Waals surface area contributed by atoms with Crippen molar-refractivity contribution in [1.82, 2.24) is 0 Å². The fourth-order valence-electron chi connectivity index (χ4n) is 2.24. The predicted octanol–water partition coefficient (Wildman–Crippen LogP) is 1.08. The second kappa shape index (κ2) is 9.25. The van der Waals surface area contributed by atoms with Gasteiger partial charge in [0.25, 0.3) is 0 Å². The molecule has 1 fully saturated rings. The van der Waals surface area contributed by atoms with Crippen molar-refractivity contribution >= 4 is 20.8 Å². The zero-order valence-corrected chi connectivity index (χ0v) is 14.5. The SMILES string of the molecule is O=S1(=O)OC(O)(CCCCCCCCCCCO)OS(=O)(=O)O1. The molecule has 0 aromatic carbocycles. The second-order valence-corrected chi connectivity index (χ2v) is 7.93. The lowest BCUT2D eigenvalue weighted by atomic mass is 10.1. The van der Waals surface area contributed by atoms with E-state index in [4.69, 9.17) is 5.11 Å². The topological polar surface area (TPSA) is 136 Å². The van der Waals surface area contributed by atoms with Crippen molar-refractivity contribution in [3.63, 3.8) is 0 Å². The van der Waals surface area contributed by atoms with Crippen LogP contribution in [0, 0.1) is 0 Å². The Morgan fingerprint density at radius 3 is 1.52 bits per heavy atom. The minimum absolute atomic E-state index is 0.226. The van der Waals surface area contributed by atoms with Gasteiger partial charge in [-0.3, -0.25) is 0 Å². The summed E-state index contributed by atoms with van der Waals surface area (Å²) in [6.45, 7) is 0.226. The van der Waals surface area contributed by atoms with Crippen LogP contribution in [0.1, 0.15) is 64.2 Å². The second-order valence-electron chi connectivity index (χ2n) is 5.42. The van der Waals surface area contributed by atoms with Gasteiger partial charge in [0.15, 0.2) is 0 Å². The monoisotopic (exact) mass is 376 g/mol. The lowest BCUT2D eigenvalue weighted by Crippen LogP contribution is -2.45. The molecule has 23 heavy (non-hydrogen) atoms. The van der Waals surface area contributed by atoms with Gasteiger partial charge in [0.05, 0.1) is 0 Å². The summed E-state index contributed by atoms with van der Waals surface area (Å²) in [5.74, 6) is -2.74. The van der Waals surface area contributed by atoms with E-state index in [-0.39, 0.29) is 13.0 Å². The molecule has 1 saturated heterocycles. The minimum Gasteiger partial charge on any atom is -0.396 e. The van der Waals surface area contributed by atoms with E-state index in [1.54, 1.807) is 0 Å². The first-order valence-electron chi connectivity index (χ1n) is 7.63. The summed E-state index contributed by atoms with van der Waals surface area (Å²) in [5, 5.41) is 18.4. The molecule has 138 valence electrons. The van der Waals surface area contributed by atoms with Gasteiger partial charge in [0.1, 0.15) is 0 Å². The number of hydrogen-bond donors (Lipinski definition) is 2. The first-order chi connectivity index (χ1) is 10.7. The van der Waals surface area contributed by atoms with Crippen molar-refractivity contribution in [2.75, 3.05) is 6.61 Å². The Bertz CT molecular complexity index is 507. The summed E-state index contributed by atoms with van der Waals surface area (Å²) in [6.07, 6.45) is 7.63. The van der Waals surface area contributed by atoms with E-state index >= 15 is 0 Å². The van der Waals surface area contributed by atoms with Crippen molar-refractivity contribution < 1.29 is 39.0 Å². The van der Waals surface area contributed by atoms with Crippen LogP contribution in [-0.2, 0) is 32.8 Å². The van der Waals surface area contributed by atoms with Gasteiger partial charge in [-0.1, -0.05) is 44.9 Å². The number of aliphatic hydroxyl groups is 2. The Labute approximate surface area is 137 Å². The molecule has 0 unspecified atom stereocenters. The molecule has 0 aromatic rings.